The van der Waals surface area contributed by atoms with E-state index in [1.54, 1.807) is 13.0 Å². The molecule has 0 heterocycles. The van der Waals surface area contributed by atoms with Gasteiger partial charge in [0.05, 0.1) is 0 Å². The number of alkyl halides is 2. The van der Waals surface area contributed by atoms with E-state index in [0.29, 0.717) is 12.1 Å². The average molecular weight is 428 g/mol. The molecule has 1 unspecified atom stereocenters. The van der Waals surface area contributed by atoms with Crippen molar-refractivity contribution in [3.8, 4) is 0 Å². The number of halogens is 3. The van der Waals surface area contributed by atoms with Crippen molar-refractivity contribution in [2.45, 2.75) is 17.7 Å². The number of anilines is 1. The molecule has 1 aliphatic rings. The predicted molar refractivity (Wildman–Crippen MR) is 85.9 cm³/mol. The van der Waals surface area contributed by atoms with Crippen molar-refractivity contribution in [2.75, 3.05) is 11.9 Å². The lowest BCUT2D eigenvalue weighted by atomic mass is 10.1. The molecule has 1 aromatic carbocycles. The third-order valence-electron chi connectivity index (χ3n) is 3.15. The maximum absolute atomic E-state index is 11.8. The van der Waals surface area contributed by atoms with Gasteiger partial charge in [0.15, 0.2) is 6.61 Å². The zero-order valence-electron chi connectivity index (χ0n) is 10.6. The third-order valence-corrected chi connectivity index (χ3v) is 4.92. The van der Waals surface area contributed by atoms with Gasteiger partial charge in [-0.2, -0.15) is 0 Å². The fraction of sp³-hybridized carbons (Fsp3) is 0.385. The Labute approximate surface area is 140 Å². The van der Waals surface area contributed by atoms with Gasteiger partial charge in [-0.25, -0.2) is 0 Å². The first-order valence-corrected chi connectivity index (χ1v) is 7.68. The Morgan fingerprint density at radius 2 is 2.10 bits per heavy atom. The van der Waals surface area contributed by atoms with Gasteiger partial charge >= 0.3 is 5.97 Å². The van der Waals surface area contributed by atoms with E-state index in [0.717, 1.165) is 3.57 Å². The van der Waals surface area contributed by atoms with Crippen LogP contribution in [0.5, 0.6) is 0 Å². The highest BCUT2D eigenvalue weighted by Gasteiger charge is 2.69. The number of esters is 1. The van der Waals surface area contributed by atoms with Crippen molar-refractivity contribution < 1.29 is 14.3 Å². The number of carbonyl (C=O) groups is 2. The highest BCUT2D eigenvalue weighted by Crippen LogP contribution is 2.64. The van der Waals surface area contributed by atoms with E-state index in [1.807, 2.05) is 18.2 Å². The highest BCUT2D eigenvalue weighted by molar-refractivity contribution is 14.1. The first kappa shape index (κ1) is 15.9. The molecule has 0 bridgehead atoms. The highest BCUT2D eigenvalue weighted by atomic mass is 127. The van der Waals surface area contributed by atoms with Crippen LogP contribution in [0, 0.1) is 8.99 Å². The zero-order valence-corrected chi connectivity index (χ0v) is 14.3. The maximum Gasteiger partial charge on any atom is 0.315 e. The van der Waals surface area contributed by atoms with Crippen LogP contribution in [0.2, 0.25) is 0 Å². The Morgan fingerprint density at radius 3 is 2.65 bits per heavy atom. The molecule has 1 aromatic rings. The van der Waals surface area contributed by atoms with Crippen LogP contribution in [0.4, 0.5) is 5.69 Å². The van der Waals surface area contributed by atoms with E-state index in [4.69, 9.17) is 27.9 Å². The van der Waals surface area contributed by atoms with Crippen molar-refractivity contribution in [2.24, 2.45) is 5.41 Å². The van der Waals surface area contributed by atoms with Crippen LogP contribution in [-0.2, 0) is 14.3 Å². The topological polar surface area (TPSA) is 55.4 Å². The molecule has 4 nitrogen and oxygen atoms in total. The monoisotopic (exact) mass is 427 g/mol. The SMILES string of the molecule is CC1(C(=O)OCC(=O)Nc2cccc(I)c2)CC1(Cl)Cl. The van der Waals surface area contributed by atoms with Gasteiger partial charge < -0.3 is 10.1 Å². The van der Waals surface area contributed by atoms with Crippen LogP contribution in [0.1, 0.15) is 13.3 Å². The summed E-state index contributed by atoms with van der Waals surface area (Å²) in [5, 5.41) is 2.64. The molecule has 1 N–H and O–H groups in total. The van der Waals surface area contributed by atoms with Gasteiger partial charge in [-0.1, -0.05) is 6.07 Å². The van der Waals surface area contributed by atoms with Crippen molar-refractivity contribution in [3.05, 3.63) is 27.8 Å². The lowest BCUT2D eigenvalue weighted by Crippen LogP contribution is -2.26. The number of ether oxygens (including phenoxy) is 1. The zero-order chi connectivity index (χ0) is 15.0. The van der Waals surface area contributed by atoms with Crippen LogP contribution < -0.4 is 5.32 Å². The van der Waals surface area contributed by atoms with Gasteiger partial charge in [-0.05, 0) is 47.7 Å². The molecule has 0 saturated heterocycles. The van der Waals surface area contributed by atoms with E-state index in [2.05, 4.69) is 27.9 Å². The summed E-state index contributed by atoms with van der Waals surface area (Å²) >= 11 is 13.9. The summed E-state index contributed by atoms with van der Waals surface area (Å²) in [5.41, 5.74) is -0.266. The number of hydrogen-bond acceptors (Lipinski definition) is 3. The number of amides is 1. The summed E-state index contributed by atoms with van der Waals surface area (Å²) in [7, 11) is 0. The normalized spacial score (nSPS) is 23.0. The molecule has 1 saturated carbocycles. The van der Waals surface area contributed by atoms with Crippen molar-refractivity contribution in [1.29, 1.82) is 0 Å². The minimum atomic E-state index is -1.09. The van der Waals surface area contributed by atoms with Crippen molar-refractivity contribution in [1.82, 2.24) is 0 Å². The minimum absolute atomic E-state index is 0.334. The molecule has 1 fully saturated rings. The molecule has 0 aliphatic heterocycles. The second-order valence-corrected chi connectivity index (χ2v) is 7.58. The molecule has 1 aliphatic carbocycles. The van der Waals surface area contributed by atoms with Gasteiger partial charge in [-0.3, -0.25) is 9.59 Å². The summed E-state index contributed by atoms with van der Waals surface area (Å²) in [4.78, 5) is 23.5. The molecule has 20 heavy (non-hydrogen) atoms. The number of hydrogen-bond donors (Lipinski definition) is 1. The van der Waals surface area contributed by atoms with Crippen LogP contribution >= 0.6 is 45.8 Å². The average Bonchev–Trinajstić information content (AvgIpc) is 2.87. The second kappa shape index (κ2) is 5.69. The number of carbonyl (C=O) groups excluding carboxylic acids is 2. The number of rotatable bonds is 4. The van der Waals surface area contributed by atoms with Crippen molar-refractivity contribution >= 4 is 63.4 Å². The lowest BCUT2D eigenvalue weighted by molar-refractivity contribution is -0.152. The second-order valence-electron chi connectivity index (χ2n) is 4.85. The molecule has 7 heteroatoms. The summed E-state index contributed by atoms with van der Waals surface area (Å²) in [6, 6.07) is 7.30. The summed E-state index contributed by atoms with van der Waals surface area (Å²) in [6.45, 7) is 1.26. The summed E-state index contributed by atoms with van der Waals surface area (Å²) in [6.07, 6.45) is 0.334. The molecule has 108 valence electrons. The standard InChI is InChI=1S/C13H12Cl2INO3/c1-12(7-13(12,14)15)11(19)20-6-10(18)17-9-4-2-3-8(16)5-9/h2-5H,6-7H2,1H3,(H,17,18). The van der Waals surface area contributed by atoms with Crippen LogP contribution in [-0.4, -0.2) is 22.8 Å². The first-order chi connectivity index (χ1) is 9.24. The molecular formula is C13H12Cl2INO3. The molecule has 2 rings (SSSR count). The maximum atomic E-state index is 11.8. The molecular weight excluding hydrogens is 416 g/mol. The molecule has 0 aromatic heterocycles. The molecule has 0 spiro atoms. The van der Waals surface area contributed by atoms with Crippen LogP contribution in [0.3, 0.4) is 0 Å². The van der Waals surface area contributed by atoms with E-state index >= 15 is 0 Å². The Hall–Kier alpha value is -0.530. The van der Waals surface area contributed by atoms with Gasteiger partial charge in [-0.15, -0.1) is 23.2 Å². The summed E-state index contributed by atoms with van der Waals surface area (Å²) < 4.78 is 4.86. The van der Waals surface area contributed by atoms with Gasteiger partial charge in [0.25, 0.3) is 5.91 Å². The predicted octanol–water partition coefficient (Wildman–Crippen LogP) is 3.36. The lowest BCUT2D eigenvalue weighted by Gasteiger charge is -2.11. The largest absolute Gasteiger partial charge is 0.455 e. The van der Waals surface area contributed by atoms with Gasteiger partial charge in [0.1, 0.15) is 9.75 Å². The van der Waals surface area contributed by atoms with Crippen LogP contribution in [0.25, 0.3) is 0 Å². The van der Waals surface area contributed by atoms with Gasteiger partial charge in [0, 0.05) is 15.7 Å². The first-order valence-electron chi connectivity index (χ1n) is 5.85. The number of nitrogens with one attached hydrogen (secondary N) is 1. The van der Waals surface area contributed by atoms with Gasteiger partial charge in [0.2, 0.25) is 0 Å². The Kier molecular flexibility index (Phi) is 4.51. The Balaban J connectivity index is 1.83. The number of benzene rings is 1. The van der Waals surface area contributed by atoms with E-state index in [-0.39, 0.29) is 6.61 Å². The fourth-order valence-corrected chi connectivity index (χ4v) is 2.91. The quantitative estimate of drug-likeness (QED) is 0.455. The molecule has 1 atom stereocenters. The van der Waals surface area contributed by atoms with E-state index < -0.39 is 21.6 Å². The third kappa shape index (κ3) is 3.38. The minimum Gasteiger partial charge on any atom is -0.455 e. The van der Waals surface area contributed by atoms with E-state index in [9.17, 15) is 9.59 Å². The summed E-state index contributed by atoms with van der Waals surface area (Å²) in [5.74, 6) is -0.959. The smallest absolute Gasteiger partial charge is 0.315 e. The van der Waals surface area contributed by atoms with Crippen molar-refractivity contribution in [3.63, 3.8) is 0 Å². The Morgan fingerprint density at radius 1 is 1.45 bits per heavy atom. The van der Waals surface area contributed by atoms with Crippen LogP contribution in [0.15, 0.2) is 24.3 Å². The fourth-order valence-electron chi connectivity index (χ4n) is 1.68. The van der Waals surface area contributed by atoms with E-state index in [1.165, 1.54) is 0 Å². The molecule has 1 amide bonds. The Bertz CT molecular complexity index is 564. The molecule has 0 radical (unpaired) electrons.